The summed E-state index contributed by atoms with van der Waals surface area (Å²) in [6, 6.07) is 0. The van der Waals surface area contributed by atoms with E-state index in [0.29, 0.717) is 17.3 Å². The Balaban J connectivity index is 0.000000208. The number of allylic oxidation sites excluding steroid dienone is 6. The van der Waals surface area contributed by atoms with Crippen LogP contribution in [0.5, 0.6) is 0 Å². The van der Waals surface area contributed by atoms with Crippen molar-refractivity contribution in [1.82, 2.24) is 0 Å². The van der Waals surface area contributed by atoms with E-state index in [2.05, 4.69) is 62.3 Å². The second-order valence-corrected chi connectivity index (χ2v) is 22.5. The maximum Gasteiger partial charge on any atom is 0.168 e. The van der Waals surface area contributed by atoms with Gasteiger partial charge in [-0.3, -0.25) is 14.4 Å². The molecule has 7 heteroatoms. The van der Waals surface area contributed by atoms with Crippen LogP contribution in [-0.4, -0.2) is 32.7 Å². The van der Waals surface area contributed by atoms with Crippen molar-refractivity contribution in [2.45, 2.75) is 163 Å². The van der Waals surface area contributed by atoms with Crippen molar-refractivity contribution in [3.05, 3.63) is 34.0 Å². The Bertz CT molecular complexity index is 1420. The Kier molecular flexibility index (Phi) is 11.8. The molecule has 0 saturated heterocycles. The van der Waals surface area contributed by atoms with Crippen LogP contribution in [0, 0.1) is 116 Å². The molecule has 6 nitrogen and oxygen atoms in total. The molecule has 6 fully saturated rings. The van der Waals surface area contributed by atoms with E-state index in [1.807, 2.05) is 62.3 Å². The van der Waals surface area contributed by atoms with Gasteiger partial charge in [0.2, 0.25) is 0 Å². The molecule has 0 spiro atoms. The number of aliphatic hydroxyl groups excluding tert-OH is 3. The fourth-order valence-electron chi connectivity index (χ4n) is 10.6. The minimum atomic E-state index is -0.331. The van der Waals surface area contributed by atoms with E-state index in [1.54, 1.807) is 0 Å². The van der Waals surface area contributed by atoms with E-state index in [-0.39, 0.29) is 133 Å². The van der Waals surface area contributed by atoms with Gasteiger partial charge in [0.25, 0.3) is 0 Å². The average molecular weight is 861 g/mol. The topological polar surface area (TPSA) is 112 Å². The number of carbonyl (C=O) groups excluding carboxylic acids is 3. The molecule has 0 aromatic heterocycles. The molecule has 6 saturated carbocycles. The first-order chi connectivity index (χ1) is 22.6. The SMILES string of the molecule is CC(C)(C)/C(O)=C1/C(=O)[C@]2(C)CC[C@H]1C2(C)C.CC(C)(C)/C(O)=C1/C(=O)[C@]2(C)CC[C@H]1C2(C)C.CC(C)(C)/C(O)=C1/C(=O)[C@]2(C)CC[C@H]1C2(C)C.[Eu]. The Hall–Kier alpha value is -0.786. The van der Waals surface area contributed by atoms with Crippen molar-refractivity contribution < 1.29 is 79.1 Å². The Morgan fingerprint density at radius 3 is 0.731 bits per heavy atom. The van der Waals surface area contributed by atoms with Crippen molar-refractivity contribution in [1.29, 1.82) is 0 Å². The summed E-state index contributed by atoms with van der Waals surface area (Å²) in [5.74, 6) is 2.19. The standard InChI is InChI=1S/3C15H24O2.Eu/c3*1-13(2,3)11(16)10-9-7-8-15(6,12(10)17)14(9,4)5;/h3*9,16H,7-8H2,1-6H3;/b3*11-10-;/t3*9-,15+;/m111./s1. The molecule has 0 aromatic rings. The van der Waals surface area contributed by atoms with Crippen LogP contribution in [0.25, 0.3) is 0 Å². The van der Waals surface area contributed by atoms with Gasteiger partial charge in [-0.15, -0.1) is 0 Å². The summed E-state index contributed by atoms with van der Waals surface area (Å²) < 4.78 is 0. The molecule has 6 atom stereocenters. The third-order valence-corrected chi connectivity index (χ3v) is 15.9. The summed E-state index contributed by atoms with van der Waals surface area (Å²) in [5.41, 5.74) is 0.301. The normalized spacial score (nSPS) is 38.0. The van der Waals surface area contributed by atoms with Gasteiger partial charge in [-0.1, -0.05) is 125 Å². The first-order valence-electron chi connectivity index (χ1n) is 19.6. The number of aliphatic hydroxyl groups is 3. The predicted octanol–water partition coefficient (Wildman–Crippen LogP) is 11.6. The third kappa shape index (κ3) is 6.35. The van der Waals surface area contributed by atoms with Crippen LogP contribution in [0.1, 0.15) is 163 Å². The molecule has 6 aliphatic rings. The van der Waals surface area contributed by atoms with Crippen LogP contribution in [0.2, 0.25) is 0 Å². The zero-order valence-corrected chi connectivity index (χ0v) is 38.3. The minimum Gasteiger partial charge on any atom is -0.511 e. The number of Topliss-reactive ketones (excluding diaryl/α,β-unsaturated/α-hetero) is 3. The van der Waals surface area contributed by atoms with Crippen LogP contribution in [0.4, 0.5) is 0 Å². The summed E-state index contributed by atoms with van der Waals surface area (Å²) in [6.07, 6.45) is 5.99. The Morgan fingerprint density at radius 1 is 0.442 bits per heavy atom. The first kappa shape index (κ1) is 45.6. The van der Waals surface area contributed by atoms with Crippen LogP contribution < -0.4 is 0 Å². The Labute approximate surface area is 357 Å². The molecule has 6 rings (SSSR count). The van der Waals surface area contributed by atoms with Gasteiger partial charge in [-0.2, -0.15) is 0 Å². The molecular weight excluding hydrogens is 788 g/mol. The monoisotopic (exact) mass is 861 g/mol. The van der Waals surface area contributed by atoms with Crippen molar-refractivity contribution in [3.63, 3.8) is 0 Å². The van der Waals surface area contributed by atoms with E-state index >= 15 is 0 Å². The molecule has 0 amide bonds. The summed E-state index contributed by atoms with van der Waals surface area (Å²) >= 11 is 0. The molecule has 295 valence electrons. The van der Waals surface area contributed by atoms with Crippen LogP contribution in [0.15, 0.2) is 34.0 Å². The van der Waals surface area contributed by atoms with Gasteiger partial charge in [0.1, 0.15) is 17.3 Å². The number of ketones is 3. The van der Waals surface area contributed by atoms with Gasteiger partial charge in [0.15, 0.2) is 17.3 Å². The van der Waals surface area contributed by atoms with E-state index in [1.165, 1.54) is 0 Å². The zero-order chi connectivity index (χ0) is 39.7. The molecule has 0 aliphatic heterocycles. The molecule has 52 heavy (non-hydrogen) atoms. The van der Waals surface area contributed by atoms with E-state index in [0.717, 1.165) is 55.2 Å². The first-order valence-corrected chi connectivity index (χ1v) is 19.6. The van der Waals surface area contributed by atoms with Crippen LogP contribution in [-0.2, 0) is 14.4 Å². The van der Waals surface area contributed by atoms with Crippen molar-refractivity contribution in [2.24, 2.45) is 66.5 Å². The maximum absolute atomic E-state index is 12.6. The fraction of sp³-hybridized carbons (Fsp3) is 0.800. The zero-order valence-electron chi connectivity index (χ0n) is 35.9. The van der Waals surface area contributed by atoms with Crippen molar-refractivity contribution in [3.8, 4) is 0 Å². The molecule has 6 bridgehead atoms. The van der Waals surface area contributed by atoms with E-state index in [9.17, 15) is 29.7 Å². The van der Waals surface area contributed by atoms with Crippen LogP contribution >= 0.6 is 0 Å². The number of hydrogen-bond donors (Lipinski definition) is 3. The van der Waals surface area contributed by atoms with Gasteiger partial charge in [-0.05, 0) is 72.5 Å². The van der Waals surface area contributed by atoms with Crippen LogP contribution in [0.3, 0.4) is 0 Å². The molecular formula is C45H72EuO6. The number of hydrogen-bond acceptors (Lipinski definition) is 6. The smallest absolute Gasteiger partial charge is 0.168 e. The van der Waals surface area contributed by atoms with Gasteiger partial charge in [0, 0.05) is 98.6 Å². The molecule has 6 aliphatic carbocycles. The quantitative estimate of drug-likeness (QED) is 0.165. The Morgan fingerprint density at radius 2 is 0.615 bits per heavy atom. The summed E-state index contributed by atoms with van der Waals surface area (Å²) in [7, 11) is 0. The average Bonchev–Trinajstić information content (AvgIpc) is 3.59. The third-order valence-electron chi connectivity index (χ3n) is 15.9. The number of rotatable bonds is 0. The van der Waals surface area contributed by atoms with Gasteiger partial charge < -0.3 is 15.3 Å². The van der Waals surface area contributed by atoms with Gasteiger partial charge in [-0.25, -0.2) is 0 Å². The molecule has 1 radical (unpaired) electrons. The summed E-state index contributed by atoms with van der Waals surface area (Å²) in [6.45, 7) is 36.9. The van der Waals surface area contributed by atoms with Gasteiger partial charge in [0.05, 0.1) is 0 Å². The van der Waals surface area contributed by atoms with Crippen molar-refractivity contribution >= 4 is 17.3 Å². The van der Waals surface area contributed by atoms with Crippen molar-refractivity contribution in [2.75, 3.05) is 0 Å². The number of carbonyl (C=O) groups is 3. The molecule has 0 heterocycles. The molecule has 3 N–H and O–H groups in total. The largest absolute Gasteiger partial charge is 0.511 e. The molecule has 0 unspecified atom stereocenters. The van der Waals surface area contributed by atoms with E-state index < -0.39 is 0 Å². The maximum atomic E-state index is 12.6. The second kappa shape index (κ2) is 13.4. The minimum absolute atomic E-state index is 0. The second-order valence-electron chi connectivity index (χ2n) is 22.5. The number of fused-ring (bicyclic) bond motifs is 6. The van der Waals surface area contributed by atoms with Gasteiger partial charge >= 0.3 is 0 Å². The predicted molar refractivity (Wildman–Crippen MR) is 206 cm³/mol. The fourth-order valence-corrected chi connectivity index (χ4v) is 10.6. The molecule has 0 aromatic carbocycles. The van der Waals surface area contributed by atoms with E-state index in [4.69, 9.17) is 0 Å². The summed E-state index contributed by atoms with van der Waals surface area (Å²) in [5, 5.41) is 31.2. The summed E-state index contributed by atoms with van der Waals surface area (Å²) in [4.78, 5) is 37.7.